The molecule has 9 heteroatoms. The second-order valence-electron chi connectivity index (χ2n) is 9.29. The van der Waals surface area contributed by atoms with Crippen molar-refractivity contribution in [1.29, 1.82) is 0 Å². The Morgan fingerprint density at radius 1 is 0.923 bits per heavy atom. The van der Waals surface area contributed by atoms with Gasteiger partial charge < -0.3 is 24.3 Å². The monoisotopic (exact) mass is 545 g/mol. The van der Waals surface area contributed by atoms with Crippen LogP contribution in [0, 0.1) is 0 Å². The minimum absolute atomic E-state index is 0.126. The Labute approximate surface area is 234 Å². The highest BCUT2D eigenvalue weighted by Gasteiger charge is 2.15. The third kappa shape index (κ3) is 9.46. The van der Waals surface area contributed by atoms with E-state index in [0.717, 1.165) is 35.6 Å². The van der Waals surface area contributed by atoms with Gasteiger partial charge in [-0.25, -0.2) is 4.79 Å². The molecule has 0 saturated carbocycles. The van der Waals surface area contributed by atoms with Crippen LogP contribution < -0.4 is 10.1 Å². The lowest BCUT2D eigenvalue weighted by molar-refractivity contribution is 0.205. The lowest BCUT2D eigenvalue weighted by atomic mass is 10.2. The average molecular weight is 546 g/mol. The third-order valence-corrected chi connectivity index (χ3v) is 6.76. The van der Waals surface area contributed by atoms with Crippen molar-refractivity contribution in [3.8, 4) is 17.2 Å². The molecule has 4 rings (SSSR count). The molecule has 204 valence electrons. The van der Waals surface area contributed by atoms with Crippen LogP contribution in [0.2, 0.25) is 0 Å². The number of ether oxygens (including phenoxy) is 1. The summed E-state index contributed by atoms with van der Waals surface area (Å²) in [6, 6.07) is 27.1. The standard InChI is InChI=1S/C30H35N5O3S/c1-34(2)18-9-19-35(22-24-10-5-3-6-11-24)30(36)31-26-16-14-25(15-17-26)29-33-32-28(38-29)23-39-21-20-37-27-12-7-4-8-13-27/h3-8,10-17H,9,18-23H2,1-2H3,(H,31,36). The molecule has 0 spiro atoms. The quantitative estimate of drug-likeness (QED) is 0.194. The summed E-state index contributed by atoms with van der Waals surface area (Å²) in [4.78, 5) is 17.1. The highest BCUT2D eigenvalue weighted by molar-refractivity contribution is 7.98. The molecule has 1 heterocycles. The van der Waals surface area contributed by atoms with Gasteiger partial charge in [0.2, 0.25) is 11.8 Å². The molecule has 0 bridgehead atoms. The van der Waals surface area contributed by atoms with E-state index in [4.69, 9.17) is 9.15 Å². The zero-order valence-corrected chi connectivity index (χ0v) is 23.3. The van der Waals surface area contributed by atoms with Crippen molar-refractivity contribution in [1.82, 2.24) is 20.0 Å². The fourth-order valence-electron chi connectivity index (χ4n) is 3.86. The minimum Gasteiger partial charge on any atom is -0.493 e. The maximum absolute atomic E-state index is 13.1. The number of anilines is 1. The summed E-state index contributed by atoms with van der Waals surface area (Å²) < 4.78 is 11.5. The van der Waals surface area contributed by atoms with Crippen LogP contribution in [0.3, 0.4) is 0 Å². The molecule has 1 aromatic heterocycles. The molecule has 2 amide bonds. The number of amides is 2. The second kappa shape index (κ2) is 14.9. The molecule has 0 fully saturated rings. The van der Waals surface area contributed by atoms with Crippen LogP contribution in [-0.4, -0.2) is 65.6 Å². The molecule has 0 atom stereocenters. The van der Waals surface area contributed by atoms with Crippen LogP contribution in [0.1, 0.15) is 17.9 Å². The summed E-state index contributed by atoms with van der Waals surface area (Å²) in [6.45, 7) is 2.75. The Kier molecular flexibility index (Phi) is 10.8. The van der Waals surface area contributed by atoms with Crippen LogP contribution in [0.4, 0.5) is 10.5 Å². The van der Waals surface area contributed by atoms with Crippen molar-refractivity contribution in [2.45, 2.75) is 18.7 Å². The predicted octanol–water partition coefficient (Wildman–Crippen LogP) is 6.03. The van der Waals surface area contributed by atoms with Crippen LogP contribution in [0.5, 0.6) is 5.75 Å². The summed E-state index contributed by atoms with van der Waals surface area (Å²) in [6.07, 6.45) is 0.893. The summed E-state index contributed by atoms with van der Waals surface area (Å²) in [7, 11) is 4.08. The number of thioether (sulfide) groups is 1. The van der Waals surface area contributed by atoms with Crippen LogP contribution in [-0.2, 0) is 12.3 Å². The molecule has 8 nitrogen and oxygen atoms in total. The maximum atomic E-state index is 13.1. The van der Waals surface area contributed by atoms with Gasteiger partial charge in [-0.1, -0.05) is 48.5 Å². The van der Waals surface area contributed by atoms with Crippen molar-refractivity contribution in [2.75, 3.05) is 44.9 Å². The first-order valence-electron chi connectivity index (χ1n) is 13.0. The van der Waals surface area contributed by atoms with Crippen LogP contribution in [0.15, 0.2) is 89.3 Å². The molecule has 39 heavy (non-hydrogen) atoms. The normalized spacial score (nSPS) is 10.9. The SMILES string of the molecule is CN(C)CCCN(Cc1ccccc1)C(=O)Nc1ccc(-c2nnc(CSCCOc3ccccc3)o2)cc1. The van der Waals surface area contributed by atoms with E-state index >= 15 is 0 Å². The molecule has 0 aliphatic carbocycles. The van der Waals surface area contributed by atoms with Gasteiger partial charge in [-0.2, -0.15) is 0 Å². The summed E-state index contributed by atoms with van der Waals surface area (Å²) in [5.41, 5.74) is 2.61. The number of rotatable bonds is 14. The van der Waals surface area contributed by atoms with Crippen molar-refractivity contribution in [2.24, 2.45) is 0 Å². The number of para-hydroxylation sites is 1. The molecular weight excluding hydrogens is 510 g/mol. The maximum Gasteiger partial charge on any atom is 0.322 e. The number of hydrogen-bond acceptors (Lipinski definition) is 7. The van der Waals surface area contributed by atoms with Gasteiger partial charge in [0, 0.05) is 30.1 Å². The topological polar surface area (TPSA) is 83.7 Å². The first-order valence-corrected chi connectivity index (χ1v) is 14.2. The van der Waals surface area contributed by atoms with Gasteiger partial charge in [0.15, 0.2) is 0 Å². The van der Waals surface area contributed by atoms with Crippen molar-refractivity contribution in [3.05, 3.63) is 96.4 Å². The number of hydrogen-bond donors (Lipinski definition) is 1. The Morgan fingerprint density at radius 2 is 1.64 bits per heavy atom. The van der Waals surface area contributed by atoms with E-state index in [-0.39, 0.29) is 6.03 Å². The fourth-order valence-corrected chi connectivity index (χ4v) is 4.49. The predicted molar refractivity (Wildman–Crippen MR) is 157 cm³/mol. The Balaban J connectivity index is 1.27. The van der Waals surface area contributed by atoms with E-state index in [9.17, 15) is 4.79 Å². The third-order valence-electron chi connectivity index (χ3n) is 5.85. The molecule has 0 radical (unpaired) electrons. The van der Waals surface area contributed by atoms with Crippen molar-refractivity contribution >= 4 is 23.5 Å². The number of benzene rings is 3. The minimum atomic E-state index is -0.126. The number of carbonyl (C=O) groups excluding carboxylic acids is 1. The van der Waals surface area contributed by atoms with E-state index in [1.54, 1.807) is 11.8 Å². The largest absolute Gasteiger partial charge is 0.493 e. The zero-order chi connectivity index (χ0) is 27.3. The lowest BCUT2D eigenvalue weighted by Gasteiger charge is -2.24. The Bertz CT molecular complexity index is 1270. The number of carbonyl (C=O) groups is 1. The Morgan fingerprint density at radius 3 is 2.36 bits per heavy atom. The van der Waals surface area contributed by atoms with Crippen molar-refractivity contribution in [3.63, 3.8) is 0 Å². The average Bonchev–Trinajstić information content (AvgIpc) is 3.42. The van der Waals surface area contributed by atoms with Gasteiger partial charge in [0.1, 0.15) is 5.75 Å². The first kappa shape index (κ1) is 28.2. The smallest absolute Gasteiger partial charge is 0.322 e. The fraction of sp³-hybridized carbons (Fsp3) is 0.300. The van der Waals surface area contributed by atoms with Gasteiger partial charge >= 0.3 is 6.03 Å². The van der Waals surface area contributed by atoms with Gasteiger partial charge in [0.25, 0.3) is 0 Å². The molecule has 0 aliphatic rings. The molecule has 0 aliphatic heterocycles. The summed E-state index contributed by atoms with van der Waals surface area (Å²) >= 11 is 1.68. The number of urea groups is 1. The number of nitrogens with zero attached hydrogens (tertiary/aromatic N) is 4. The van der Waals surface area contributed by atoms with Gasteiger partial charge in [-0.15, -0.1) is 22.0 Å². The summed E-state index contributed by atoms with van der Waals surface area (Å²) in [5.74, 6) is 3.33. The first-order chi connectivity index (χ1) is 19.1. The van der Waals surface area contributed by atoms with E-state index in [1.807, 2.05) is 104 Å². The van der Waals surface area contributed by atoms with E-state index in [2.05, 4.69) is 20.4 Å². The van der Waals surface area contributed by atoms with E-state index in [0.29, 0.717) is 42.9 Å². The molecule has 3 aromatic carbocycles. The van der Waals surface area contributed by atoms with E-state index in [1.165, 1.54) is 0 Å². The zero-order valence-electron chi connectivity index (χ0n) is 22.5. The molecule has 0 unspecified atom stereocenters. The van der Waals surface area contributed by atoms with Gasteiger partial charge in [-0.3, -0.25) is 0 Å². The summed E-state index contributed by atoms with van der Waals surface area (Å²) in [5, 5.41) is 11.4. The molecular formula is C30H35N5O3S. The number of aromatic nitrogens is 2. The second-order valence-corrected chi connectivity index (χ2v) is 10.4. The van der Waals surface area contributed by atoms with Crippen LogP contribution >= 0.6 is 11.8 Å². The van der Waals surface area contributed by atoms with Crippen molar-refractivity contribution < 1.29 is 13.9 Å². The number of nitrogens with one attached hydrogen (secondary N) is 1. The van der Waals surface area contributed by atoms with E-state index < -0.39 is 0 Å². The molecule has 0 saturated heterocycles. The highest BCUT2D eigenvalue weighted by Crippen LogP contribution is 2.22. The van der Waals surface area contributed by atoms with Crippen LogP contribution in [0.25, 0.3) is 11.5 Å². The van der Waals surface area contributed by atoms with Gasteiger partial charge in [-0.05, 0) is 69.0 Å². The highest BCUT2D eigenvalue weighted by atomic mass is 32.2. The Hall–Kier alpha value is -3.82. The van der Waals surface area contributed by atoms with Gasteiger partial charge in [0.05, 0.1) is 12.4 Å². The molecule has 4 aromatic rings. The molecule has 1 N–H and O–H groups in total. The lowest BCUT2D eigenvalue weighted by Crippen LogP contribution is -2.36.